The zero-order valence-electron chi connectivity index (χ0n) is 12.0. The topological polar surface area (TPSA) is 55.8 Å². The van der Waals surface area contributed by atoms with Crippen LogP contribution in [0.1, 0.15) is 15.9 Å². The smallest absolute Gasteiger partial charge is 0.189 e. The van der Waals surface area contributed by atoms with Gasteiger partial charge in [-0.05, 0) is 42.0 Å². The fraction of sp³-hybridized carbons (Fsp3) is 0.118. The van der Waals surface area contributed by atoms with Crippen LogP contribution in [-0.4, -0.2) is 24.8 Å². The van der Waals surface area contributed by atoms with Crippen LogP contribution in [0, 0.1) is 0 Å². The Morgan fingerprint density at radius 2 is 1.95 bits per heavy atom. The molecular formula is C17H15BrO4. The minimum Gasteiger partial charge on any atom is -0.507 e. The average molecular weight is 363 g/mol. The molecule has 0 saturated carbocycles. The molecule has 0 fully saturated rings. The van der Waals surface area contributed by atoms with Gasteiger partial charge in [0, 0.05) is 11.6 Å². The molecule has 5 heteroatoms. The van der Waals surface area contributed by atoms with Gasteiger partial charge in [-0.2, -0.15) is 0 Å². The largest absolute Gasteiger partial charge is 0.507 e. The normalized spacial score (nSPS) is 10.8. The Labute approximate surface area is 137 Å². The van der Waals surface area contributed by atoms with E-state index in [2.05, 4.69) is 15.9 Å². The first-order valence-electron chi connectivity index (χ1n) is 6.53. The number of allylic oxidation sites excluding steroid dienone is 1. The Kier molecular flexibility index (Phi) is 5.75. The monoisotopic (exact) mass is 362 g/mol. The predicted octanol–water partition coefficient (Wildman–Crippen LogP) is 4.03. The number of carbonyl (C=O) groups is 1. The van der Waals surface area contributed by atoms with Crippen LogP contribution in [0.4, 0.5) is 0 Å². The lowest BCUT2D eigenvalue weighted by molar-refractivity contribution is 0.0510. The third kappa shape index (κ3) is 4.44. The number of hydrogen-bond acceptors (Lipinski definition) is 4. The number of rotatable bonds is 6. The quantitative estimate of drug-likeness (QED) is 0.478. The molecule has 0 spiro atoms. The fourth-order valence-corrected chi connectivity index (χ4v) is 2.03. The summed E-state index contributed by atoms with van der Waals surface area (Å²) in [7, 11) is 1.51. The lowest BCUT2D eigenvalue weighted by Gasteiger charge is -2.07. The summed E-state index contributed by atoms with van der Waals surface area (Å²) in [6.07, 6.45) is 3.11. The molecule has 22 heavy (non-hydrogen) atoms. The second-order valence-electron chi connectivity index (χ2n) is 4.48. The zero-order chi connectivity index (χ0) is 15.9. The molecule has 0 atom stereocenters. The summed E-state index contributed by atoms with van der Waals surface area (Å²) in [6, 6.07) is 12.0. The van der Waals surface area contributed by atoms with E-state index in [1.165, 1.54) is 25.3 Å². The Morgan fingerprint density at radius 3 is 2.64 bits per heavy atom. The van der Waals surface area contributed by atoms with Crippen LogP contribution in [0.25, 0.3) is 6.08 Å². The van der Waals surface area contributed by atoms with Gasteiger partial charge in [0.2, 0.25) is 0 Å². The maximum absolute atomic E-state index is 12.2. The van der Waals surface area contributed by atoms with Crippen LogP contribution >= 0.6 is 15.9 Å². The number of aromatic hydroxyl groups is 1. The molecule has 0 aliphatic carbocycles. The summed E-state index contributed by atoms with van der Waals surface area (Å²) < 4.78 is 11.0. The summed E-state index contributed by atoms with van der Waals surface area (Å²) in [6.45, 7) is 0.0765. The zero-order valence-corrected chi connectivity index (χ0v) is 13.5. The van der Waals surface area contributed by atoms with Gasteiger partial charge in [-0.15, -0.1) is 0 Å². The highest BCUT2D eigenvalue weighted by atomic mass is 79.9. The van der Waals surface area contributed by atoms with Crippen molar-refractivity contribution in [2.75, 3.05) is 13.9 Å². The van der Waals surface area contributed by atoms with Crippen LogP contribution in [-0.2, 0) is 4.74 Å². The first kappa shape index (κ1) is 16.3. The van der Waals surface area contributed by atoms with Crippen LogP contribution in [0.5, 0.6) is 11.5 Å². The highest BCUT2D eigenvalue weighted by molar-refractivity contribution is 9.10. The van der Waals surface area contributed by atoms with E-state index in [4.69, 9.17) is 9.47 Å². The van der Waals surface area contributed by atoms with E-state index in [-0.39, 0.29) is 23.9 Å². The number of benzene rings is 2. The Morgan fingerprint density at radius 1 is 1.23 bits per heavy atom. The van der Waals surface area contributed by atoms with Gasteiger partial charge < -0.3 is 14.6 Å². The van der Waals surface area contributed by atoms with Crippen molar-refractivity contribution in [2.24, 2.45) is 0 Å². The predicted molar refractivity (Wildman–Crippen MR) is 88.1 cm³/mol. The third-order valence-electron chi connectivity index (χ3n) is 2.87. The van der Waals surface area contributed by atoms with Crippen molar-refractivity contribution in [2.45, 2.75) is 0 Å². The van der Waals surface area contributed by atoms with Gasteiger partial charge in [-0.3, -0.25) is 4.79 Å². The van der Waals surface area contributed by atoms with Gasteiger partial charge in [0.25, 0.3) is 0 Å². The number of phenols is 1. The summed E-state index contributed by atoms with van der Waals surface area (Å²) in [5.74, 6) is 0.0681. The molecule has 0 amide bonds. The summed E-state index contributed by atoms with van der Waals surface area (Å²) >= 11 is 3.35. The average Bonchev–Trinajstić information content (AvgIpc) is 2.53. The minimum atomic E-state index is -0.303. The van der Waals surface area contributed by atoms with Crippen LogP contribution < -0.4 is 4.74 Å². The van der Waals surface area contributed by atoms with E-state index < -0.39 is 0 Å². The van der Waals surface area contributed by atoms with Gasteiger partial charge in [-0.25, -0.2) is 0 Å². The maximum Gasteiger partial charge on any atom is 0.189 e. The first-order chi connectivity index (χ1) is 10.6. The van der Waals surface area contributed by atoms with Crippen molar-refractivity contribution in [1.29, 1.82) is 0 Å². The molecule has 0 bridgehead atoms. The summed E-state index contributed by atoms with van der Waals surface area (Å²) in [5, 5.41) is 9.82. The van der Waals surface area contributed by atoms with Crippen molar-refractivity contribution < 1.29 is 19.4 Å². The van der Waals surface area contributed by atoms with Gasteiger partial charge in [-0.1, -0.05) is 34.1 Å². The summed E-state index contributed by atoms with van der Waals surface area (Å²) in [5.41, 5.74) is 1.07. The number of halogens is 1. The van der Waals surface area contributed by atoms with Crippen molar-refractivity contribution >= 4 is 27.8 Å². The van der Waals surface area contributed by atoms with E-state index in [9.17, 15) is 9.90 Å². The lowest BCUT2D eigenvalue weighted by Crippen LogP contribution is -2.01. The van der Waals surface area contributed by atoms with Crippen molar-refractivity contribution in [3.8, 4) is 11.5 Å². The maximum atomic E-state index is 12.2. The number of ketones is 1. The van der Waals surface area contributed by atoms with Gasteiger partial charge in [0.05, 0.1) is 5.56 Å². The van der Waals surface area contributed by atoms with Crippen molar-refractivity contribution in [3.05, 3.63) is 64.1 Å². The molecular weight excluding hydrogens is 348 g/mol. The number of methoxy groups -OCH3 is 1. The highest BCUT2D eigenvalue weighted by Crippen LogP contribution is 2.24. The van der Waals surface area contributed by atoms with E-state index >= 15 is 0 Å². The molecule has 0 radical (unpaired) electrons. The molecule has 0 aliphatic rings. The molecule has 2 aromatic carbocycles. The van der Waals surface area contributed by atoms with Crippen molar-refractivity contribution in [3.63, 3.8) is 0 Å². The molecule has 0 saturated heterocycles. The van der Waals surface area contributed by atoms with Crippen LogP contribution in [0.2, 0.25) is 0 Å². The molecule has 0 unspecified atom stereocenters. The molecule has 114 valence electrons. The molecule has 0 aliphatic heterocycles. The van der Waals surface area contributed by atoms with E-state index in [0.717, 1.165) is 10.0 Å². The molecule has 0 aromatic heterocycles. The molecule has 0 heterocycles. The van der Waals surface area contributed by atoms with E-state index in [0.29, 0.717) is 5.75 Å². The van der Waals surface area contributed by atoms with E-state index in [1.807, 2.05) is 24.3 Å². The van der Waals surface area contributed by atoms with Crippen molar-refractivity contribution in [1.82, 2.24) is 0 Å². The Hall–Kier alpha value is -2.11. The van der Waals surface area contributed by atoms with Crippen LogP contribution in [0.3, 0.4) is 0 Å². The van der Waals surface area contributed by atoms with Gasteiger partial charge in [0.15, 0.2) is 12.6 Å². The number of phenolic OH excluding ortho intramolecular Hbond substituents is 1. The van der Waals surface area contributed by atoms with E-state index in [1.54, 1.807) is 12.1 Å². The number of carbonyl (C=O) groups excluding carboxylic acids is 1. The minimum absolute atomic E-state index is 0.0765. The first-order valence-corrected chi connectivity index (χ1v) is 7.32. The second kappa shape index (κ2) is 7.77. The van der Waals surface area contributed by atoms with Crippen LogP contribution in [0.15, 0.2) is 53.0 Å². The lowest BCUT2D eigenvalue weighted by atomic mass is 10.1. The van der Waals surface area contributed by atoms with Gasteiger partial charge >= 0.3 is 0 Å². The number of ether oxygens (including phenoxy) is 2. The summed E-state index contributed by atoms with van der Waals surface area (Å²) in [4.78, 5) is 12.2. The second-order valence-corrected chi connectivity index (χ2v) is 5.39. The van der Waals surface area contributed by atoms with Gasteiger partial charge in [0.1, 0.15) is 11.5 Å². The number of hydrogen-bond donors (Lipinski definition) is 1. The third-order valence-corrected chi connectivity index (χ3v) is 3.40. The molecule has 1 N–H and O–H groups in total. The SMILES string of the molecule is COCOc1ccc(O)c(C(=O)/C=C/c2ccc(Br)cc2)c1. The fourth-order valence-electron chi connectivity index (χ4n) is 1.76. The standard InChI is InChI=1S/C17H15BrO4/c1-21-11-22-14-7-9-17(20)15(10-14)16(19)8-4-12-2-5-13(18)6-3-12/h2-10,20H,11H2,1H3/b8-4+. The Bertz CT molecular complexity index is 678. The molecule has 2 rings (SSSR count). The molecule has 2 aromatic rings. The molecule has 4 nitrogen and oxygen atoms in total. The highest BCUT2D eigenvalue weighted by Gasteiger charge is 2.10. The Balaban J connectivity index is 2.16.